The summed E-state index contributed by atoms with van der Waals surface area (Å²) in [5.74, 6) is 0.205. The smallest absolute Gasteiger partial charge is 0.224 e. The Morgan fingerprint density at radius 3 is 2.53 bits per heavy atom. The topological polar surface area (TPSA) is 69.6 Å². The minimum Gasteiger partial charge on any atom is -0.395 e. The second kappa shape index (κ2) is 8.15. The summed E-state index contributed by atoms with van der Waals surface area (Å²) in [5, 5.41) is 11.8. The first-order valence-corrected chi connectivity index (χ1v) is 7.27. The van der Waals surface area contributed by atoms with Crippen molar-refractivity contribution in [2.24, 2.45) is 5.92 Å². The summed E-state index contributed by atoms with van der Waals surface area (Å²) in [4.78, 5) is 25.5. The molecule has 0 bridgehead atoms. The van der Waals surface area contributed by atoms with Crippen LogP contribution in [0.25, 0.3) is 0 Å². The van der Waals surface area contributed by atoms with E-state index in [-0.39, 0.29) is 30.4 Å². The van der Waals surface area contributed by atoms with E-state index in [9.17, 15) is 9.59 Å². The summed E-state index contributed by atoms with van der Waals surface area (Å²) in [5.41, 5.74) is 0. The van der Waals surface area contributed by atoms with Crippen molar-refractivity contribution in [3.8, 4) is 0 Å². The predicted molar refractivity (Wildman–Crippen MR) is 73.5 cm³/mol. The highest BCUT2D eigenvalue weighted by Gasteiger charge is 2.24. The summed E-state index contributed by atoms with van der Waals surface area (Å²) >= 11 is 0. The Balaban J connectivity index is 2.34. The average Bonchev–Trinajstić information content (AvgIpc) is 2.89. The Hall–Kier alpha value is -1.10. The zero-order valence-corrected chi connectivity index (χ0v) is 12.0. The minimum absolute atomic E-state index is 0.0178. The standard InChI is InChI=1S/C14H26N2O3/c1-3-16(8-9-17)13(18)10-11(2)15-14(19)12-6-4-5-7-12/h11-12,17H,3-10H2,1-2H3,(H,15,19). The molecule has 0 aromatic heterocycles. The fourth-order valence-electron chi connectivity index (χ4n) is 2.57. The van der Waals surface area contributed by atoms with Gasteiger partial charge >= 0.3 is 0 Å². The van der Waals surface area contributed by atoms with E-state index in [1.54, 1.807) is 4.90 Å². The number of hydrogen-bond acceptors (Lipinski definition) is 3. The third kappa shape index (κ3) is 5.19. The zero-order valence-electron chi connectivity index (χ0n) is 12.0. The van der Waals surface area contributed by atoms with Crippen LogP contribution in [0.3, 0.4) is 0 Å². The van der Waals surface area contributed by atoms with Gasteiger partial charge in [0.25, 0.3) is 0 Å². The number of carbonyl (C=O) groups is 2. The summed E-state index contributed by atoms with van der Waals surface area (Å²) in [6.07, 6.45) is 4.50. The number of rotatable bonds is 7. The fourth-order valence-corrected chi connectivity index (χ4v) is 2.57. The van der Waals surface area contributed by atoms with Gasteiger partial charge in [0.2, 0.25) is 11.8 Å². The van der Waals surface area contributed by atoms with Gasteiger partial charge in [0, 0.05) is 31.5 Å². The third-order valence-corrected chi connectivity index (χ3v) is 3.70. The first-order valence-electron chi connectivity index (χ1n) is 7.27. The number of nitrogens with zero attached hydrogens (tertiary/aromatic N) is 1. The summed E-state index contributed by atoms with van der Waals surface area (Å²) in [7, 11) is 0. The van der Waals surface area contributed by atoms with Crippen LogP contribution in [0.5, 0.6) is 0 Å². The normalized spacial score (nSPS) is 17.2. The summed E-state index contributed by atoms with van der Waals surface area (Å²) in [6, 6.07) is -0.145. The van der Waals surface area contributed by atoms with Crippen LogP contribution in [0.4, 0.5) is 0 Å². The highest BCUT2D eigenvalue weighted by atomic mass is 16.3. The molecule has 0 aromatic rings. The van der Waals surface area contributed by atoms with Crippen LogP contribution < -0.4 is 5.32 Å². The maximum atomic E-state index is 11.9. The van der Waals surface area contributed by atoms with Gasteiger partial charge in [0.1, 0.15) is 0 Å². The maximum Gasteiger partial charge on any atom is 0.224 e. The molecule has 0 aromatic carbocycles. The molecule has 1 unspecified atom stereocenters. The molecule has 1 saturated carbocycles. The second-order valence-electron chi connectivity index (χ2n) is 5.29. The van der Waals surface area contributed by atoms with Crippen molar-refractivity contribution in [3.05, 3.63) is 0 Å². The summed E-state index contributed by atoms with van der Waals surface area (Å²) < 4.78 is 0. The quantitative estimate of drug-likeness (QED) is 0.722. The molecule has 0 radical (unpaired) electrons. The molecule has 2 amide bonds. The monoisotopic (exact) mass is 270 g/mol. The molecule has 1 fully saturated rings. The molecule has 1 rings (SSSR count). The fraction of sp³-hybridized carbons (Fsp3) is 0.857. The van der Waals surface area contributed by atoms with Gasteiger partial charge in [-0.2, -0.15) is 0 Å². The molecule has 5 heteroatoms. The molecule has 1 aliphatic rings. The van der Waals surface area contributed by atoms with E-state index < -0.39 is 0 Å². The largest absolute Gasteiger partial charge is 0.395 e. The van der Waals surface area contributed by atoms with Gasteiger partial charge in [-0.25, -0.2) is 0 Å². The van der Waals surface area contributed by atoms with Gasteiger partial charge in [-0.1, -0.05) is 12.8 Å². The van der Waals surface area contributed by atoms with E-state index in [2.05, 4.69) is 5.32 Å². The number of hydrogen-bond donors (Lipinski definition) is 2. The summed E-state index contributed by atoms with van der Waals surface area (Å²) in [6.45, 7) is 4.66. The van der Waals surface area contributed by atoms with E-state index >= 15 is 0 Å². The number of aliphatic hydroxyl groups excluding tert-OH is 1. The molecule has 1 atom stereocenters. The minimum atomic E-state index is -0.145. The van der Waals surface area contributed by atoms with Crippen molar-refractivity contribution in [2.75, 3.05) is 19.7 Å². The number of amides is 2. The number of likely N-dealkylation sites (N-methyl/N-ethyl adjacent to an activating group) is 1. The van der Waals surface area contributed by atoms with Gasteiger partial charge < -0.3 is 15.3 Å². The van der Waals surface area contributed by atoms with Crippen LogP contribution in [0.1, 0.15) is 46.0 Å². The van der Waals surface area contributed by atoms with Crippen LogP contribution in [0.2, 0.25) is 0 Å². The number of aliphatic hydroxyl groups is 1. The molecule has 0 saturated heterocycles. The van der Waals surface area contributed by atoms with Crippen LogP contribution >= 0.6 is 0 Å². The van der Waals surface area contributed by atoms with E-state index in [0.717, 1.165) is 25.7 Å². The van der Waals surface area contributed by atoms with Crippen molar-refractivity contribution in [1.29, 1.82) is 0 Å². The first kappa shape index (κ1) is 16.0. The lowest BCUT2D eigenvalue weighted by Crippen LogP contribution is -2.41. The van der Waals surface area contributed by atoms with Crippen molar-refractivity contribution < 1.29 is 14.7 Å². The van der Waals surface area contributed by atoms with Crippen molar-refractivity contribution >= 4 is 11.8 Å². The Kier molecular flexibility index (Phi) is 6.84. The van der Waals surface area contributed by atoms with Crippen LogP contribution in [0.15, 0.2) is 0 Å². The van der Waals surface area contributed by atoms with Gasteiger partial charge in [0.05, 0.1) is 6.61 Å². The molecule has 110 valence electrons. The van der Waals surface area contributed by atoms with Gasteiger partial charge in [0.15, 0.2) is 0 Å². The lowest BCUT2D eigenvalue weighted by molar-refractivity contribution is -0.132. The lowest BCUT2D eigenvalue weighted by atomic mass is 10.1. The van der Waals surface area contributed by atoms with Gasteiger partial charge in [-0.15, -0.1) is 0 Å². The molecule has 2 N–H and O–H groups in total. The molecule has 0 aliphatic heterocycles. The third-order valence-electron chi connectivity index (χ3n) is 3.70. The molecule has 1 aliphatic carbocycles. The van der Waals surface area contributed by atoms with Gasteiger partial charge in [-0.3, -0.25) is 9.59 Å². The SMILES string of the molecule is CCN(CCO)C(=O)CC(C)NC(=O)C1CCCC1. The van der Waals surface area contributed by atoms with Gasteiger partial charge in [-0.05, 0) is 26.7 Å². The molecule has 0 heterocycles. The van der Waals surface area contributed by atoms with Crippen molar-refractivity contribution in [1.82, 2.24) is 10.2 Å². The number of nitrogens with one attached hydrogen (secondary N) is 1. The Bertz CT molecular complexity index is 301. The lowest BCUT2D eigenvalue weighted by Gasteiger charge is -2.23. The second-order valence-corrected chi connectivity index (χ2v) is 5.29. The predicted octanol–water partition coefficient (Wildman–Crippen LogP) is 0.912. The van der Waals surface area contributed by atoms with E-state index in [1.165, 1.54) is 0 Å². The molecule has 5 nitrogen and oxygen atoms in total. The first-order chi connectivity index (χ1) is 9.08. The van der Waals surface area contributed by atoms with Crippen molar-refractivity contribution in [2.45, 2.75) is 52.0 Å². The average molecular weight is 270 g/mol. The molecule has 0 spiro atoms. The highest BCUT2D eigenvalue weighted by molar-refractivity contribution is 5.81. The van der Waals surface area contributed by atoms with E-state index in [1.807, 2.05) is 13.8 Å². The molecule has 19 heavy (non-hydrogen) atoms. The Morgan fingerprint density at radius 2 is 2.00 bits per heavy atom. The van der Waals surface area contributed by atoms with Crippen LogP contribution in [0, 0.1) is 5.92 Å². The number of carbonyl (C=O) groups excluding carboxylic acids is 2. The highest BCUT2D eigenvalue weighted by Crippen LogP contribution is 2.24. The van der Waals surface area contributed by atoms with Crippen molar-refractivity contribution in [3.63, 3.8) is 0 Å². The van der Waals surface area contributed by atoms with Crippen LogP contribution in [-0.2, 0) is 9.59 Å². The van der Waals surface area contributed by atoms with E-state index in [4.69, 9.17) is 5.11 Å². The Morgan fingerprint density at radius 1 is 1.37 bits per heavy atom. The van der Waals surface area contributed by atoms with E-state index in [0.29, 0.717) is 19.5 Å². The molecular weight excluding hydrogens is 244 g/mol. The zero-order chi connectivity index (χ0) is 14.3. The van der Waals surface area contributed by atoms with Crippen LogP contribution in [-0.4, -0.2) is 47.6 Å². The molecular formula is C14H26N2O3. The maximum absolute atomic E-state index is 11.9. The Labute approximate surface area is 115 Å².